The molecule has 2 N–H and O–H groups in total. The third-order valence-electron chi connectivity index (χ3n) is 3.36. The van der Waals surface area contributed by atoms with Crippen molar-refractivity contribution in [2.75, 3.05) is 11.9 Å². The zero-order chi connectivity index (χ0) is 13.8. The van der Waals surface area contributed by atoms with E-state index in [4.69, 9.17) is 5.26 Å². The summed E-state index contributed by atoms with van der Waals surface area (Å²) in [5, 5.41) is 14.7. The SMILES string of the molecule is Cc1c(F)cc(C#N)cc1NC(=O)[C@@H]1CCCCN1. The van der Waals surface area contributed by atoms with Gasteiger partial charge < -0.3 is 10.6 Å². The summed E-state index contributed by atoms with van der Waals surface area (Å²) in [6.07, 6.45) is 2.86. The first kappa shape index (κ1) is 13.5. The van der Waals surface area contributed by atoms with Crippen molar-refractivity contribution in [2.45, 2.75) is 32.2 Å². The maximum Gasteiger partial charge on any atom is 0.241 e. The molecule has 1 amide bonds. The van der Waals surface area contributed by atoms with Gasteiger partial charge in [-0.25, -0.2) is 4.39 Å². The van der Waals surface area contributed by atoms with Crippen LogP contribution in [0.25, 0.3) is 0 Å². The highest BCUT2D eigenvalue weighted by atomic mass is 19.1. The van der Waals surface area contributed by atoms with Crippen molar-refractivity contribution >= 4 is 11.6 Å². The van der Waals surface area contributed by atoms with Crippen LogP contribution in [0.4, 0.5) is 10.1 Å². The predicted molar refractivity (Wildman–Crippen MR) is 70.1 cm³/mol. The monoisotopic (exact) mass is 261 g/mol. The number of nitriles is 1. The van der Waals surface area contributed by atoms with Crippen molar-refractivity contribution in [3.63, 3.8) is 0 Å². The number of hydrogen-bond acceptors (Lipinski definition) is 3. The topological polar surface area (TPSA) is 64.9 Å². The van der Waals surface area contributed by atoms with Crippen LogP contribution in [0, 0.1) is 24.1 Å². The van der Waals surface area contributed by atoms with E-state index >= 15 is 0 Å². The van der Waals surface area contributed by atoms with Gasteiger partial charge in [0, 0.05) is 11.3 Å². The van der Waals surface area contributed by atoms with Gasteiger partial charge in [-0.2, -0.15) is 5.26 Å². The Labute approximate surface area is 111 Å². The summed E-state index contributed by atoms with van der Waals surface area (Å²) in [5.74, 6) is -0.650. The van der Waals surface area contributed by atoms with Crippen LogP contribution < -0.4 is 10.6 Å². The summed E-state index contributed by atoms with van der Waals surface area (Å²) >= 11 is 0. The third-order valence-corrected chi connectivity index (χ3v) is 3.36. The molecule has 0 spiro atoms. The lowest BCUT2D eigenvalue weighted by Gasteiger charge is -2.23. The number of nitrogens with zero attached hydrogens (tertiary/aromatic N) is 1. The standard InChI is InChI=1S/C14H16FN3O/c1-9-11(15)6-10(8-16)7-13(9)18-14(19)12-4-2-3-5-17-12/h6-7,12,17H,2-5H2,1H3,(H,18,19)/t12-/m0/s1. The normalized spacial score (nSPS) is 18.7. The van der Waals surface area contributed by atoms with Crippen molar-refractivity contribution in [3.8, 4) is 6.07 Å². The first-order valence-electron chi connectivity index (χ1n) is 6.36. The molecule has 2 rings (SSSR count). The maximum absolute atomic E-state index is 13.6. The van der Waals surface area contributed by atoms with Gasteiger partial charge in [-0.05, 0) is 38.4 Å². The van der Waals surface area contributed by atoms with Gasteiger partial charge >= 0.3 is 0 Å². The molecule has 0 aromatic heterocycles. The fraction of sp³-hybridized carbons (Fsp3) is 0.429. The van der Waals surface area contributed by atoms with Crippen LogP contribution in [0.1, 0.15) is 30.4 Å². The van der Waals surface area contributed by atoms with Crippen molar-refractivity contribution < 1.29 is 9.18 Å². The highest BCUT2D eigenvalue weighted by Gasteiger charge is 2.21. The molecule has 0 unspecified atom stereocenters. The van der Waals surface area contributed by atoms with E-state index in [1.807, 2.05) is 6.07 Å². The van der Waals surface area contributed by atoms with E-state index in [1.165, 1.54) is 12.1 Å². The van der Waals surface area contributed by atoms with Crippen molar-refractivity contribution in [1.82, 2.24) is 5.32 Å². The zero-order valence-electron chi connectivity index (χ0n) is 10.8. The number of piperidine rings is 1. The van der Waals surface area contributed by atoms with Crippen LogP contribution in [-0.2, 0) is 4.79 Å². The lowest BCUT2D eigenvalue weighted by Crippen LogP contribution is -2.43. The smallest absolute Gasteiger partial charge is 0.241 e. The molecule has 19 heavy (non-hydrogen) atoms. The van der Waals surface area contributed by atoms with Crippen LogP contribution in [0.3, 0.4) is 0 Å². The first-order valence-corrected chi connectivity index (χ1v) is 6.36. The Balaban J connectivity index is 2.16. The van der Waals surface area contributed by atoms with Gasteiger partial charge in [-0.15, -0.1) is 0 Å². The van der Waals surface area contributed by atoms with Crippen LogP contribution in [-0.4, -0.2) is 18.5 Å². The second kappa shape index (κ2) is 5.81. The van der Waals surface area contributed by atoms with E-state index in [1.54, 1.807) is 6.92 Å². The van der Waals surface area contributed by atoms with Gasteiger partial charge in [0.2, 0.25) is 5.91 Å². The Kier molecular flexibility index (Phi) is 4.13. The van der Waals surface area contributed by atoms with E-state index in [9.17, 15) is 9.18 Å². The molecule has 0 bridgehead atoms. The van der Waals surface area contributed by atoms with Gasteiger partial charge in [-0.3, -0.25) is 4.79 Å². The molecule has 1 atom stereocenters. The number of hydrogen-bond donors (Lipinski definition) is 2. The number of anilines is 1. The Morgan fingerprint density at radius 3 is 2.95 bits per heavy atom. The summed E-state index contributed by atoms with van der Waals surface area (Å²) in [4.78, 5) is 12.1. The van der Waals surface area contributed by atoms with Crippen molar-refractivity contribution in [2.24, 2.45) is 0 Å². The third kappa shape index (κ3) is 3.09. The molecule has 1 aliphatic heterocycles. The molecule has 100 valence electrons. The lowest BCUT2D eigenvalue weighted by molar-refractivity contribution is -0.118. The maximum atomic E-state index is 13.6. The molecule has 4 nitrogen and oxygen atoms in total. The summed E-state index contributed by atoms with van der Waals surface area (Å²) in [7, 11) is 0. The predicted octanol–water partition coefficient (Wildman–Crippen LogP) is 2.09. The number of benzene rings is 1. The average molecular weight is 261 g/mol. The molecule has 1 aromatic rings. The number of amides is 1. The molecule has 0 aliphatic carbocycles. The summed E-state index contributed by atoms with van der Waals surface area (Å²) < 4.78 is 13.6. The second-order valence-electron chi connectivity index (χ2n) is 4.73. The largest absolute Gasteiger partial charge is 0.324 e. The van der Waals surface area contributed by atoms with E-state index < -0.39 is 5.82 Å². The minimum atomic E-state index is -0.481. The Morgan fingerprint density at radius 2 is 2.32 bits per heavy atom. The van der Waals surface area contributed by atoms with Crippen LogP contribution in [0.15, 0.2) is 12.1 Å². The molecular weight excluding hydrogens is 245 g/mol. The van der Waals surface area contributed by atoms with E-state index in [-0.39, 0.29) is 17.5 Å². The zero-order valence-corrected chi connectivity index (χ0v) is 10.8. The van der Waals surface area contributed by atoms with Gasteiger partial charge in [0.25, 0.3) is 0 Å². The van der Waals surface area contributed by atoms with Gasteiger partial charge in [0.05, 0.1) is 17.7 Å². The summed E-state index contributed by atoms with van der Waals surface area (Å²) in [6.45, 7) is 2.41. The molecule has 0 radical (unpaired) electrons. The molecular formula is C14H16FN3O. The van der Waals surface area contributed by atoms with Crippen LogP contribution in [0.2, 0.25) is 0 Å². The minimum Gasteiger partial charge on any atom is -0.324 e. The van der Waals surface area contributed by atoms with Crippen LogP contribution in [0.5, 0.6) is 0 Å². The number of nitrogens with one attached hydrogen (secondary N) is 2. The number of halogens is 1. The van der Waals surface area contributed by atoms with Crippen molar-refractivity contribution in [3.05, 3.63) is 29.1 Å². The van der Waals surface area contributed by atoms with E-state index in [2.05, 4.69) is 10.6 Å². The number of carbonyl (C=O) groups excluding carboxylic acids is 1. The highest BCUT2D eigenvalue weighted by Crippen LogP contribution is 2.21. The Morgan fingerprint density at radius 1 is 1.53 bits per heavy atom. The van der Waals surface area contributed by atoms with E-state index in [0.717, 1.165) is 25.8 Å². The van der Waals surface area contributed by atoms with Crippen LogP contribution >= 0.6 is 0 Å². The van der Waals surface area contributed by atoms with E-state index in [0.29, 0.717) is 11.3 Å². The van der Waals surface area contributed by atoms with Crippen molar-refractivity contribution in [1.29, 1.82) is 5.26 Å². The Bertz CT molecular complexity index is 530. The molecule has 0 saturated carbocycles. The van der Waals surface area contributed by atoms with Gasteiger partial charge in [-0.1, -0.05) is 6.42 Å². The fourth-order valence-corrected chi connectivity index (χ4v) is 2.17. The highest BCUT2D eigenvalue weighted by molar-refractivity contribution is 5.95. The second-order valence-corrected chi connectivity index (χ2v) is 4.73. The Hall–Kier alpha value is -1.93. The molecule has 1 aliphatic rings. The molecule has 1 aromatic carbocycles. The molecule has 5 heteroatoms. The lowest BCUT2D eigenvalue weighted by atomic mass is 10.0. The minimum absolute atomic E-state index is 0.169. The van der Waals surface area contributed by atoms with Gasteiger partial charge in [0.15, 0.2) is 0 Å². The molecule has 1 fully saturated rings. The molecule has 1 heterocycles. The number of carbonyl (C=O) groups is 1. The fourth-order valence-electron chi connectivity index (χ4n) is 2.17. The first-order chi connectivity index (χ1) is 9.11. The quantitative estimate of drug-likeness (QED) is 0.856. The number of rotatable bonds is 2. The molecule has 1 saturated heterocycles. The average Bonchev–Trinajstić information content (AvgIpc) is 2.44. The summed E-state index contributed by atoms with van der Waals surface area (Å²) in [6, 6.07) is 4.32. The van der Waals surface area contributed by atoms with Gasteiger partial charge in [0.1, 0.15) is 5.82 Å². The summed E-state index contributed by atoms with van der Waals surface area (Å²) in [5.41, 5.74) is 0.923.